The molecule has 0 aliphatic heterocycles. The third-order valence-corrected chi connectivity index (χ3v) is 4.85. The molecule has 2 aromatic carbocycles. The Morgan fingerprint density at radius 2 is 1.64 bits per heavy atom. The van der Waals surface area contributed by atoms with Crippen molar-refractivity contribution in [3.05, 3.63) is 82.2 Å². The minimum Gasteiger partial charge on any atom is -0.317 e. The highest BCUT2D eigenvalue weighted by atomic mass is 15.0. The molecule has 2 nitrogen and oxygen atoms in total. The molecule has 0 atom stereocenters. The monoisotopic (exact) mass is 330 g/mol. The second-order valence-electron chi connectivity index (χ2n) is 6.64. The second kappa shape index (κ2) is 7.10. The molecule has 0 saturated heterocycles. The molecular formula is C23H26N2. The van der Waals surface area contributed by atoms with E-state index in [4.69, 9.17) is 4.99 Å². The molecule has 0 radical (unpaired) electrons. The highest BCUT2D eigenvalue weighted by Gasteiger charge is 2.14. The maximum absolute atomic E-state index is 4.71. The predicted molar refractivity (Wildman–Crippen MR) is 108 cm³/mol. The Kier molecular flexibility index (Phi) is 4.89. The minimum absolute atomic E-state index is 1.03. The summed E-state index contributed by atoms with van der Waals surface area (Å²) in [5.41, 5.74) is 9.87. The summed E-state index contributed by atoms with van der Waals surface area (Å²) in [6, 6.07) is 17.0. The third kappa shape index (κ3) is 3.30. The lowest BCUT2D eigenvalue weighted by Gasteiger charge is -2.17. The molecular weight excluding hydrogens is 304 g/mol. The van der Waals surface area contributed by atoms with Crippen LogP contribution >= 0.6 is 0 Å². The number of aryl methyl sites for hydroxylation is 4. The molecule has 1 heterocycles. The van der Waals surface area contributed by atoms with E-state index in [1.54, 1.807) is 0 Å². The van der Waals surface area contributed by atoms with Crippen LogP contribution < -0.4 is 0 Å². The van der Waals surface area contributed by atoms with Gasteiger partial charge in [0.2, 0.25) is 0 Å². The first-order valence-corrected chi connectivity index (χ1v) is 8.90. The molecule has 2 heteroatoms. The summed E-state index contributed by atoms with van der Waals surface area (Å²) in [6.45, 7) is 10.8. The highest BCUT2D eigenvalue weighted by Crippen LogP contribution is 2.27. The van der Waals surface area contributed by atoms with Crippen LogP contribution in [0, 0.1) is 27.7 Å². The minimum atomic E-state index is 1.03. The van der Waals surface area contributed by atoms with Crippen LogP contribution in [0.1, 0.15) is 40.6 Å². The van der Waals surface area contributed by atoms with Gasteiger partial charge in [0.05, 0.1) is 11.4 Å². The molecule has 3 rings (SSSR count). The fourth-order valence-corrected chi connectivity index (χ4v) is 3.43. The van der Waals surface area contributed by atoms with Gasteiger partial charge in [-0.2, -0.15) is 0 Å². The van der Waals surface area contributed by atoms with Gasteiger partial charge in [0.25, 0.3) is 0 Å². The Morgan fingerprint density at radius 3 is 2.36 bits per heavy atom. The van der Waals surface area contributed by atoms with E-state index < -0.39 is 0 Å². The van der Waals surface area contributed by atoms with Crippen molar-refractivity contribution in [1.82, 2.24) is 4.57 Å². The van der Waals surface area contributed by atoms with Gasteiger partial charge in [-0.3, -0.25) is 4.99 Å². The number of nitrogens with zero attached hydrogens (tertiary/aromatic N) is 2. The fraction of sp³-hybridized carbons (Fsp3) is 0.261. The molecule has 0 fully saturated rings. The van der Waals surface area contributed by atoms with Gasteiger partial charge in [-0.15, -0.1) is 0 Å². The van der Waals surface area contributed by atoms with Gasteiger partial charge >= 0.3 is 0 Å². The van der Waals surface area contributed by atoms with Crippen molar-refractivity contribution >= 4 is 11.9 Å². The van der Waals surface area contributed by atoms with E-state index in [-0.39, 0.29) is 0 Å². The Balaban J connectivity index is 2.07. The van der Waals surface area contributed by atoms with Gasteiger partial charge in [0.15, 0.2) is 0 Å². The Labute approximate surface area is 150 Å². The topological polar surface area (TPSA) is 17.3 Å². The van der Waals surface area contributed by atoms with Crippen molar-refractivity contribution in [1.29, 1.82) is 0 Å². The van der Waals surface area contributed by atoms with Gasteiger partial charge in [-0.05, 0) is 62.9 Å². The van der Waals surface area contributed by atoms with Gasteiger partial charge < -0.3 is 4.57 Å². The van der Waals surface area contributed by atoms with E-state index in [2.05, 4.69) is 75.6 Å². The summed E-state index contributed by atoms with van der Waals surface area (Å²) in [5, 5.41) is 0. The lowest BCUT2D eigenvalue weighted by molar-refractivity contribution is 0.926. The molecule has 0 unspecified atom stereocenters. The van der Waals surface area contributed by atoms with Crippen LogP contribution in [0.5, 0.6) is 0 Å². The third-order valence-electron chi connectivity index (χ3n) is 4.85. The van der Waals surface area contributed by atoms with Crippen LogP contribution in [0.4, 0.5) is 5.69 Å². The van der Waals surface area contributed by atoms with E-state index in [9.17, 15) is 0 Å². The van der Waals surface area contributed by atoms with E-state index in [1.807, 2.05) is 18.3 Å². The highest BCUT2D eigenvalue weighted by molar-refractivity contribution is 5.84. The largest absolute Gasteiger partial charge is 0.317 e. The fourth-order valence-electron chi connectivity index (χ4n) is 3.43. The van der Waals surface area contributed by atoms with Crippen molar-refractivity contribution in [3.8, 4) is 5.69 Å². The first kappa shape index (κ1) is 17.2. The van der Waals surface area contributed by atoms with Gasteiger partial charge in [-0.25, -0.2) is 0 Å². The zero-order valence-corrected chi connectivity index (χ0v) is 15.8. The molecule has 1 aromatic heterocycles. The van der Waals surface area contributed by atoms with Crippen molar-refractivity contribution in [2.75, 3.05) is 0 Å². The van der Waals surface area contributed by atoms with Crippen LogP contribution in [0.2, 0.25) is 0 Å². The second-order valence-corrected chi connectivity index (χ2v) is 6.64. The number of hydrogen-bond acceptors (Lipinski definition) is 1. The van der Waals surface area contributed by atoms with Gasteiger partial charge in [-0.1, -0.05) is 43.3 Å². The standard InChI is InChI=1S/C23H26N2/c1-6-20-12-9-11-17(3)23(20)25-18(4)14-21(19(25)5)15-24-22-13-8-7-10-16(22)2/h7-15H,6H2,1-5H3. The summed E-state index contributed by atoms with van der Waals surface area (Å²) >= 11 is 0. The Morgan fingerprint density at radius 1 is 0.920 bits per heavy atom. The first-order valence-electron chi connectivity index (χ1n) is 8.90. The summed E-state index contributed by atoms with van der Waals surface area (Å²) < 4.78 is 2.37. The average molecular weight is 330 g/mol. The average Bonchev–Trinajstić information content (AvgIpc) is 2.88. The first-order chi connectivity index (χ1) is 12.0. The van der Waals surface area contributed by atoms with Crippen LogP contribution in [0.25, 0.3) is 5.69 Å². The van der Waals surface area contributed by atoms with Crippen molar-refractivity contribution < 1.29 is 0 Å². The van der Waals surface area contributed by atoms with E-state index in [0.717, 1.165) is 12.1 Å². The van der Waals surface area contributed by atoms with E-state index in [0.29, 0.717) is 0 Å². The van der Waals surface area contributed by atoms with E-state index in [1.165, 1.54) is 39.3 Å². The predicted octanol–water partition coefficient (Wildman–Crippen LogP) is 6.02. The normalized spacial score (nSPS) is 11.4. The van der Waals surface area contributed by atoms with Crippen LogP contribution in [0.3, 0.4) is 0 Å². The number of benzene rings is 2. The number of aromatic nitrogens is 1. The molecule has 128 valence electrons. The summed E-state index contributed by atoms with van der Waals surface area (Å²) in [6.07, 6.45) is 3.02. The zero-order valence-electron chi connectivity index (χ0n) is 15.8. The lowest BCUT2D eigenvalue weighted by Crippen LogP contribution is -2.05. The SMILES string of the molecule is CCc1cccc(C)c1-n1c(C)cc(C=Nc2ccccc2C)c1C. The molecule has 0 N–H and O–H groups in total. The summed E-state index contributed by atoms with van der Waals surface area (Å²) in [4.78, 5) is 4.71. The maximum atomic E-state index is 4.71. The van der Waals surface area contributed by atoms with Gasteiger partial charge in [0, 0.05) is 23.2 Å². The quantitative estimate of drug-likeness (QED) is 0.520. The molecule has 0 saturated carbocycles. The van der Waals surface area contributed by atoms with Crippen molar-refractivity contribution in [2.45, 2.75) is 41.0 Å². The Hall–Kier alpha value is -2.61. The van der Waals surface area contributed by atoms with E-state index >= 15 is 0 Å². The number of rotatable bonds is 4. The number of hydrogen-bond donors (Lipinski definition) is 0. The molecule has 25 heavy (non-hydrogen) atoms. The molecule has 0 amide bonds. The maximum Gasteiger partial charge on any atom is 0.0659 e. The van der Waals surface area contributed by atoms with Crippen LogP contribution in [0.15, 0.2) is 53.5 Å². The number of aliphatic imine (C=N–C) groups is 1. The van der Waals surface area contributed by atoms with Crippen LogP contribution in [-0.4, -0.2) is 10.8 Å². The Bertz CT molecular complexity index is 929. The molecule has 0 spiro atoms. The number of para-hydroxylation sites is 2. The van der Waals surface area contributed by atoms with Crippen molar-refractivity contribution in [3.63, 3.8) is 0 Å². The smallest absolute Gasteiger partial charge is 0.0659 e. The lowest BCUT2D eigenvalue weighted by atomic mass is 10.1. The molecule has 0 aliphatic rings. The van der Waals surface area contributed by atoms with Crippen LogP contribution in [-0.2, 0) is 6.42 Å². The summed E-state index contributed by atoms with van der Waals surface area (Å²) in [5.74, 6) is 0. The summed E-state index contributed by atoms with van der Waals surface area (Å²) in [7, 11) is 0. The molecule has 3 aromatic rings. The van der Waals surface area contributed by atoms with Crippen molar-refractivity contribution in [2.24, 2.45) is 4.99 Å². The van der Waals surface area contributed by atoms with Gasteiger partial charge in [0.1, 0.15) is 0 Å². The zero-order chi connectivity index (χ0) is 18.0. The molecule has 0 aliphatic carbocycles. The molecule has 0 bridgehead atoms.